The Kier molecular flexibility index (Phi) is 8.44. The van der Waals surface area contributed by atoms with Gasteiger partial charge in [0.05, 0.1) is 18.2 Å². The van der Waals surface area contributed by atoms with Crippen LogP contribution >= 0.6 is 0 Å². The van der Waals surface area contributed by atoms with E-state index < -0.39 is 12.1 Å². The van der Waals surface area contributed by atoms with Crippen molar-refractivity contribution in [1.82, 2.24) is 20.9 Å². The van der Waals surface area contributed by atoms with E-state index in [0.717, 1.165) is 50.5 Å². The zero-order valence-electron chi connectivity index (χ0n) is 21.2. The van der Waals surface area contributed by atoms with Crippen LogP contribution in [0.3, 0.4) is 0 Å². The van der Waals surface area contributed by atoms with Crippen LogP contribution < -0.4 is 16.0 Å². The maximum atomic E-state index is 13.8. The van der Waals surface area contributed by atoms with E-state index >= 15 is 0 Å². The van der Waals surface area contributed by atoms with Gasteiger partial charge in [-0.25, -0.2) is 0 Å². The molecule has 5 atom stereocenters. The van der Waals surface area contributed by atoms with Gasteiger partial charge >= 0.3 is 0 Å². The smallest absolute Gasteiger partial charge is 0.246 e. The van der Waals surface area contributed by atoms with Crippen molar-refractivity contribution >= 4 is 17.7 Å². The van der Waals surface area contributed by atoms with E-state index in [1.165, 1.54) is 5.56 Å². The lowest BCUT2D eigenvalue weighted by molar-refractivity contribution is -0.143. The van der Waals surface area contributed by atoms with Crippen LogP contribution in [0.15, 0.2) is 24.3 Å². The van der Waals surface area contributed by atoms with Crippen LogP contribution in [0.4, 0.5) is 0 Å². The summed E-state index contributed by atoms with van der Waals surface area (Å²) < 4.78 is 5.69. The van der Waals surface area contributed by atoms with E-state index in [4.69, 9.17) is 4.74 Å². The monoisotopic (exact) mass is 484 g/mol. The highest BCUT2D eigenvalue weighted by atomic mass is 16.5. The summed E-state index contributed by atoms with van der Waals surface area (Å²) in [5.41, 5.74) is 2.26. The Morgan fingerprint density at radius 3 is 2.51 bits per heavy atom. The fourth-order valence-electron chi connectivity index (χ4n) is 5.94. The second-order valence-corrected chi connectivity index (χ2v) is 10.2. The van der Waals surface area contributed by atoms with E-state index in [-0.39, 0.29) is 41.8 Å². The van der Waals surface area contributed by atoms with Gasteiger partial charge in [-0.1, -0.05) is 43.5 Å². The van der Waals surface area contributed by atoms with E-state index in [0.29, 0.717) is 13.0 Å². The SMILES string of the molecule is CN[C@@H](C)C(=O)NC(C(=O)N1CCC[C@H]1C(=O)N[C@H]1c2ccccc2C[C@H]1OC)C1CCCCC1. The van der Waals surface area contributed by atoms with Gasteiger partial charge in [-0.15, -0.1) is 0 Å². The first-order valence-electron chi connectivity index (χ1n) is 13.1. The van der Waals surface area contributed by atoms with Gasteiger partial charge in [-0.3, -0.25) is 14.4 Å². The third-order valence-corrected chi connectivity index (χ3v) is 8.13. The number of likely N-dealkylation sites (N-methyl/N-ethyl adjacent to an activating group) is 1. The molecular formula is C27H40N4O4. The molecule has 1 heterocycles. The highest BCUT2D eigenvalue weighted by Gasteiger charge is 2.42. The topological polar surface area (TPSA) is 99.8 Å². The molecule has 0 radical (unpaired) electrons. The number of likely N-dealkylation sites (tertiary alicyclic amines) is 1. The summed E-state index contributed by atoms with van der Waals surface area (Å²) in [7, 11) is 3.40. The number of carbonyl (C=O) groups excluding carboxylic acids is 3. The molecule has 1 aromatic rings. The van der Waals surface area contributed by atoms with Crippen molar-refractivity contribution in [1.29, 1.82) is 0 Å². The molecular weight excluding hydrogens is 444 g/mol. The molecule has 35 heavy (non-hydrogen) atoms. The fourth-order valence-corrected chi connectivity index (χ4v) is 5.94. The number of carbonyl (C=O) groups is 3. The Labute approximate surface area is 208 Å². The lowest BCUT2D eigenvalue weighted by Crippen LogP contribution is -2.58. The Morgan fingerprint density at radius 2 is 1.80 bits per heavy atom. The van der Waals surface area contributed by atoms with Gasteiger partial charge in [-0.05, 0) is 56.7 Å². The maximum Gasteiger partial charge on any atom is 0.246 e. The summed E-state index contributed by atoms with van der Waals surface area (Å²) in [5, 5.41) is 9.18. The summed E-state index contributed by atoms with van der Waals surface area (Å²) in [4.78, 5) is 41.8. The Balaban J connectivity index is 1.50. The van der Waals surface area contributed by atoms with Crippen molar-refractivity contribution in [2.75, 3.05) is 20.7 Å². The molecule has 1 saturated heterocycles. The predicted molar refractivity (Wildman–Crippen MR) is 134 cm³/mol. The van der Waals surface area contributed by atoms with E-state index in [1.54, 1.807) is 26.0 Å². The standard InChI is InChI=1S/C27H40N4O4/c1-17(28-2)25(32)29-23(18-10-5-4-6-11-18)27(34)31-15-9-14-21(31)26(33)30-24-20-13-8-7-12-19(20)16-22(24)35-3/h7-8,12-13,17-18,21-24,28H,4-6,9-11,14-16H2,1-3H3,(H,29,32)(H,30,33)/t17-,21-,22+,23?,24-/m0/s1. The van der Waals surface area contributed by atoms with Crippen molar-refractivity contribution in [3.8, 4) is 0 Å². The number of nitrogens with zero attached hydrogens (tertiary/aromatic N) is 1. The molecule has 8 heteroatoms. The number of benzene rings is 1. The molecule has 2 fully saturated rings. The number of nitrogens with one attached hydrogen (secondary N) is 3. The highest BCUT2D eigenvalue weighted by molar-refractivity contribution is 5.93. The summed E-state index contributed by atoms with van der Waals surface area (Å²) >= 11 is 0. The third kappa shape index (κ3) is 5.54. The van der Waals surface area contributed by atoms with E-state index in [1.807, 2.05) is 18.2 Å². The molecule has 192 valence electrons. The molecule has 0 bridgehead atoms. The van der Waals surface area contributed by atoms with Crippen molar-refractivity contribution in [2.24, 2.45) is 5.92 Å². The number of hydrogen-bond donors (Lipinski definition) is 3. The van der Waals surface area contributed by atoms with Crippen LogP contribution in [0.5, 0.6) is 0 Å². The Bertz CT molecular complexity index is 916. The average Bonchev–Trinajstić information content (AvgIpc) is 3.52. The summed E-state index contributed by atoms with van der Waals surface area (Å²) in [6, 6.07) is 6.35. The van der Waals surface area contributed by atoms with Gasteiger partial charge < -0.3 is 25.6 Å². The first-order valence-corrected chi connectivity index (χ1v) is 13.1. The largest absolute Gasteiger partial charge is 0.379 e. The third-order valence-electron chi connectivity index (χ3n) is 8.13. The first-order chi connectivity index (χ1) is 16.9. The van der Waals surface area contributed by atoms with Gasteiger partial charge in [0.15, 0.2) is 0 Å². The average molecular weight is 485 g/mol. The lowest BCUT2D eigenvalue weighted by atomic mass is 9.83. The fraction of sp³-hybridized carbons (Fsp3) is 0.667. The number of amides is 3. The van der Waals surface area contributed by atoms with Crippen LogP contribution in [-0.4, -0.2) is 67.6 Å². The van der Waals surface area contributed by atoms with Crippen molar-refractivity contribution in [2.45, 2.75) is 88.6 Å². The molecule has 0 spiro atoms. The van der Waals surface area contributed by atoms with Crippen LogP contribution in [0.1, 0.15) is 69.0 Å². The van der Waals surface area contributed by atoms with Crippen LogP contribution in [0, 0.1) is 5.92 Å². The summed E-state index contributed by atoms with van der Waals surface area (Å²) in [5.74, 6) is -0.339. The van der Waals surface area contributed by atoms with Gasteiger partial charge in [0.25, 0.3) is 0 Å². The number of methoxy groups -OCH3 is 1. The molecule has 4 rings (SSSR count). The summed E-state index contributed by atoms with van der Waals surface area (Å²) in [6.07, 6.45) is 7.16. The zero-order chi connectivity index (χ0) is 24.9. The normalized spacial score (nSPS) is 26.1. The zero-order valence-corrected chi connectivity index (χ0v) is 21.2. The van der Waals surface area contributed by atoms with Crippen molar-refractivity contribution in [3.05, 3.63) is 35.4 Å². The van der Waals surface area contributed by atoms with Crippen molar-refractivity contribution in [3.63, 3.8) is 0 Å². The van der Waals surface area contributed by atoms with Crippen LogP contribution in [0.2, 0.25) is 0 Å². The lowest BCUT2D eigenvalue weighted by Gasteiger charge is -2.35. The van der Waals surface area contributed by atoms with Crippen molar-refractivity contribution < 1.29 is 19.1 Å². The highest BCUT2D eigenvalue weighted by Crippen LogP contribution is 2.34. The summed E-state index contributed by atoms with van der Waals surface area (Å²) in [6.45, 7) is 2.32. The van der Waals surface area contributed by atoms with Crippen LogP contribution in [-0.2, 0) is 25.5 Å². The molecule has 1 saturated carbocycles. The molecule has 3 amide bonds. The Hall–Kier alpha value is -2.45. The predicted octanol–water partition coefficient (Wildman–Crippen LogP) is 2.08. The first kappa shape index (κ1) is 25.6. The molecule has 3 aliphatic rings. The van der Waals surface area contributed by atoms with Gasteiger partial charge in [0.1, 0.15) is 12.1 Å². The molecule has 1 aliphatic heterocycles. The van der Waals surface area contributed by atoms with Gasteiger partial charge in [-0.2, -0.15) is 0 Å². The second-order valence-electron chi connectivity index (χ2n) is 10.2. The molecule has 3 N–H and O–H groups in total. The molecule has 0 aromatic heterocycles. The minimum absolute atomic E-state index is 0.105. The minimum atomic E-state index is -0.592. The number of rotatable bonds is 8. The molecule has 1 unspecified atom stereocenters. The van der Waals surface area contributed by atoms with Crippen LogP contribution in [0.25, 0.3) is 0 Å². The molecule has 1 aromatic carbocycles. The van der Waals surface area contributed by atoms with E-state index in [9.17, 15) is 14.4 Å². The number of fused-ring (bicyclic) bond motifs is 1. The minimum Gasteiger partial charge on any atom is -0.379 e. The maximum absolute atomic E-state index is 13.8. The quantitative estimate of drug-likeness (QED) is 0.525. The number of hydrogen-bond acceptors (Lipinski definition) is 5. The van der Waals surface area contributed by atoms with E-state index in [2.05, 4.69) is 22.0 Å². The number of ether oxygens (including phenoxy) is 1. The van der Waals surface area contributed by atoms with Gasteiger partial charge in [0.2, 0.25) is 17.7 Å². The van der Waals surface area contributed by atoms with Gasteiger partial charge in [0, 0.05) is 20.1 Å². The molecule has 8 nitrogen and oxygen atoms in total. The Morgan fingerprint density at radius 1 is 1.06 bits per heavy atom. The molecule has 2 aliphatic carbocycles. The second kappa shape index (κ2) is 11.5.